The summed E-state index contributed by atoms with van der Waals surface area (Å²) >= 11 is 0. The molecule has 1 unspecified atom stereocenters. The predicted molar refractivity (Wildman–Crippen MR) is 107 cm³/mol. The molecule has 5 heteroatoms. The predicted octanol–water partition coefficient (Wildman–Crippen LogP) is 3.39. The van der Waals surface area contributed by atoms with Crippen molar-refractivity contribution in [3.63, 3.8) is 0 Å². The molecule has 3 N–H and O–H groups in total. The number of aryl methyl sites for hydroxylation is 1. The molecular weight excluding hydrogens is 336 g/mol. The average molecular weight is 360 g/mol. The summed E-state index contributed by atoms with van der Waals surface area (Å²) in [6.07, 6.45) is 6.03. The van der Waals surface area contributed by atoms with Crippen LogP contribution in [0, 0.1) is 0 Å². The normalized spacial score (nSPS) is 14.4. The van der Waals surface area contributed by atoms with Gasteiger partial charge in [-0.05, 0) is 55.5 Å². The Labute approximate surface area is 159 Å². The van der Waals surface area contributed by atoms with Gasteiger partial charge in [0, 0.05) is 29.7 Å². The van der Waals surface area contributed by atoms with Crippen LogP contribution in [0.15, 0.2) is 60.8 Å². The molecule has 3 aromatic rings. The van der Waals surface area contributed by atoms with E-state index in [1.807, 2.05) is 60.8 Å². The highest BCUT2D eigenvalue weighted by atomic mass is 16.2. The van der Waals surface area contributed by atoms with E-state index in [0.29, 0.717) is 6.42 Å². The SMILES string of the molecule is NC(Cc1ccccc1)C(=O)Nc1ccc(-c2ncc3n2CCCC3)cc1. The number of benzene rings is 2. The second-order valence-corrected chi connectivity index (χ2v) is 7.04. The summed E-state index contributed by atoms with van der Waals surface area (Å²) in [6, 6.07) is 17.1. The first-order chi connectivity index (χ1) is 13.2. The molecule has 2 heterocycles. The zero-order chi connectivity index (χ0) is 18.6. The van der Waals surface area contributed by atoms with Crippen LogP contribution in [0.25, 0.3) is 11.4 Å². The molecule has 1 amide bonds. The quantitative estimate of drug-likeness (QED) is 0.732. The van der Waals surface area contributed by atoms with E-state index in [1.54, 1.807) is 0 Å². The molecule has 27 heavy (non-hydrogen) atoms. The number of aromatic nitrogens is 2. The summed E-state index contributed by atoms with van der Waals surface area (Å²) in [5.74, 6) is 0.827. The van der Waals surface area contributed by atoms with Gasteiger partial charge in [0.15, 0.2) is 0 Å². The topological polar surface area (TPSA) is 72.9 Å². The number of hydrogen-bond acceptors (Lipinski definition) is 3. The third-order valence-corrected chi connectivity index (χ3v) is 5.05. The van der Waals surface area contributed by atoms with Gasteiger partial charge in [0.05, 0.1) is 6.04 Å². The van der Waals surface area contributed by atoms with E-state index in [4.69, 9.17) is 5.73 Å². The fourth-order valence-corrected chi connectivity index (χ4v) is 3.56. The van der Waals surface area contributed by atoms with Crippen LogP contribution in [0.2, 0.25) is 0 Å². The summed E-state index contributed by atoms with van der Waals surface area (Å²) < 4.78 is 2.30. The number of hydrogen-bond donors (Lipinski definition) is 2. The first-order valence-electron chi connectivity index (χ1n) is 9.46. The van der Waals surface area contributed by atoms with E-state index in [0.717, 1.165) is 35.6 Å². The summed E-state index contributed by atoms with van der Waals surface area (Å²) in [4.78, 5) is 17.0. The lowest BCUT2D eigenvalue weighted by atomic mass is 10.1. The van der Waals surface area contributed by atoms with Crippen molar-refractivity contribution < 1.29 is 4.79 Å². The van der Waals surface area contributed by atoms with Crippen molar-refractivity contribution in [1.82, 2.24) is 9.55 Å². The van der Waals surface area contributed by atoms with Crippen LogP contribution >= 0.6 is 0 Å². The molecule has 0 bridgehead atoms. The Morgan fingerprint density at radius 3 is 2.67 bits per heavy atom. The van der Waals surface area contributed by atoms with Crippen molar-refractivity contribution in [3.8, 4) is 11.4 Å². The number of anilines is 1. The van der Waals surface area contributed by atoms with Gasteiger partial charge in [0.1, 0.15) is 5.82 Å². The van der Waals surface area contributed by atoms with Gasteiger partial charge in [-0.15, -0.1) is 0 Å². The minimum atomic E-state index is -0.577. The maximum atomic E-state index is 12.4. The molecular formula is C22H24N4O. The number of nitrogens with one attached hydrogen (secondary N) is 1. The zero-order valence-corrected chi connectivity index (χ0v) is 15.3. The van der Waals surface area contributed by atoms with Gasteiger partial charge in [-0.3, -0.25) is 4.79 Å². The minimum absolute atomic E-state index is 0.176. The van der Waals surface area contributed by atoms with E-state index in [1.165, 1.54) is 18.5 Å². The number of carbonyl (C=O) groups is 1. The Morgan fingerprint density at radius 1 is 1.11 bits per heavy atom. The van der Waals surface area contributed by atoms with Gasteiger partial charge in [0.25, 0.3) is 0 Å². The van der Waals surface area contributed by atoms with E-state index in [9.17, 15) is 4.79 Å². The van der Waals surface area contributed by atoms with Gasteiger partial charge in [-0.25, -0.2) is 4.98 Å². The summed E-state index contributed by atoms with van der Waals surface area (Å²) in [6.45, 7) is 1.03. The van der Waals surface area contributed by atoms with E-state index in [2.05, 4.69) is 14.9 Å². The number of amides is 1. The van der Waals surface area contributed by atoms with Crippen LogP contribution in [0.3, 0.4) is 0 Å². The molecule has 2 aromatic carbocycles. The Hall–Kier alpha value is -2.92. The highest BCUT2D eigenvalue weighted by molar-refractivity contribution is 5.95. The zero-order valence-electron chi connectivity index (χ0n) is 15.3. The number of nitrogens with two attached hydrogens (primary N) is 1. The van der Waals surface area contributed by atoms with Crippen LogP contribution < -0.4 is 11.1 Å². The van der Waals surface area contributed by atoms with Crippen molar-refractivity contribution in [3.05, 3.63) is 72.1 Å². The molecule has 0 saturated carbocycles. The molecule has 0 fully saturated rings. The van der Waals surface area contributed by atoms with Crippen molar-refractivity contribution in [2.24, 2.45) is 5.73 Å². The van der Waals surface area contributed by atoms with Crippen molar-refractivity contribution in [2.75, 3.05) is 5.32 Å². The van der Waals surface area contributed by atoms with Crippen LogP contribution in [0.4, 0.5) is 5.69 Å². The molecule has 0 aliphatic carbocycles. The molecule has 5 nitrogen and oxygen atoms in total. The molecule has 138 valence electrons. The summed E-state index contributed by atoms with van der Waals surface area (Å²) in [7, 11) is 0. The fraction of sp³-hybridized carbons (Fsp3) is 0.273. The first-order valence-corrected chi connectivity index (χ1v) is 9.46. The molecule has 1 aliphatic heterocycles. The Bertz CT molecular complexity index is 915. The second kappa shape index (κ2) is 7.76. The molecule has 1 aromatic heterocycles. The Kier molecular flexibility index (Phi) is 5.03. The van der Waals surface area contributed by atoms with Crippen LogP contribution in [0.5, 0.6) is 0 Å². The first kappa shape index (κ1) is 17.5. The van der Waals surface area contributed by atoms with E-state index < -0.39 is 6.04 Å². The number of nitrogens with zero attached hydrogens (tertiary/aromatic N) is 2. The third-order valence-electron chi connectivity index (χ3n) is 5.05. The van der Waals surface area contributed by atoms with Crippen molar-refractivity contribution in [2.45, 2.75) is 38.3 Å². The van der Waals surface area contributed by atoms with Crippen molar-refractivity contribution >= 4 is 11.6 Å². The van der Waals surface area contributed by atoms with Gasteiger partial charge in [-0.2, -0.15) is 0 Å². The van der Waals surface area contributed by atoms with E-state index in [-0.39, 0.29) is 5.91 Å². The molecule has 1 atom stereocenters. The molecule has 1 aliphatic rings. The van der Waals surface area contributed by atoms with Gasteiger partial charge in [0.2, 0.25) is 5.91 Å². The number of imidazole rings is 1. The molecule has 4 rings (SSSR count). The summed E-state index contributed by atoms with van der Waals surface area (Å²) in [5.41, 5.74) is 10.2. The molecule has 0 radical (unpaired) electrons. The second-order valence-electron chi connectivity index (χ2n) is 7.04. The number of fused-ring (bicyclic) bond motifs is 1. The van der Waals surface area contributed by atoms with Gasteiger partial charge in [-0.1, -0.05) is 30.3 Å². The molecule has 0 spiro atoms. The van der Waals surface area contributed by atoms with E-state index >= 15 is 0 Å². The van der Waals surface area contributed by atoms with Gasteiger partial charge < -0.3 is 15.6 Å². The van der Waals surface area contributed by atoms with Crippen LogP contribution in [0.1, 0.15) is 24.1 Å². The minimum Gasteiger partial charge on any atom is -0.328 e. The van der Waals surface area contributed by atoms with Crippen LogP contribution in [-0.4, -0.2) is 21.5 Å². The smallest absolute Gasteiger partial charge is 0.241 e. The third kappa shape index (κ3) is 3.93. The highest BCUT2D eigenvalue weighted by Gasteiger charge is 2.16. The Morgan fingerprint density at radius 2 is 1.89 bits per heavy atom. The lowest BCUT2D eigenvalue weighted by Gasteiger charge is -2.17. The fourth-order valence-electron chi connectivity index (χ4n) is 3.56. The average Bonchev–Trinajstić information content (AvgIpc) is 3.13. The number of carbonyl (C=O) groups excluding carboxylic acids is 1. The monoisotopic (exact) mass is 360 g/mol. The maximum absolute atomic E-state index is 12.4. The number of rotatable bonds is 5. The van der Waals surface area contributed by atoms with Gasteiger partial charge >= 0.3 is 0 Å². The lowest BCUT2D eigenvalue weighted by Crippen LogP contribution is -2.37. The highest BCUT2D eigenvalue weighted by Crippen LogP contribution is 2.25. The Balaban J connectivity index is 1.42. The summed E-state index contributed by atoms with van der Waals surface area (Å²) in [5, 5.41) is 2.91. The maximum Gasteiger partial charge on any atom is 0.241 e. The van der Waals surface area contributed by atoms with Crippen molar-refractivity contribution in [1.29, 1.82) is 0 Å². The largest absolute Gasteiger partial charge is 0.328 e. The lowest BCUT2D eigenvalue weighted by molar-refractivity contribution is -0.117. The van der Waals surface area contributed by atoms with Crippen LogP contribution in [-0.2, 0) is 24.2 Å². The molecule has 0 saturated heterocycles. The standard InChI is InChI=1S/C22H24N4O/c23-20(14-16-6-2-1-3-7-16)22(27)25-18-11-9-17(10-12-18)21-24-15-19-8-4-5-13-26(19)21/h1-3,6-7,9-12,15,20H,4-5,8,13-14,23H2,(H,25,27).